The van der Waals surface area contributed by atoms with Crippen molar-refractivity contribution in [2.45, 2.75) is 38.5 Å². The van der Waals surface area contributed by atoms with E-state index in [-0.39, 0.29) is 10.8 Å². The molecule has 52 heavy (non-hydrogen) atoms. The van der Waals surface area contributed by atoms with E-state index in [1.54, 1.807) is 0 Å². The van der Waals surface area contributed by atoms with Gasteiger partial charge in [0.05, 0.1) is 27.8 Å². The first-order valence-corrected chi connectivity index (χ1v) is 19.6. The fraction of sp³-hybridized carbons (Fsp3) is 0.125. The molecular formula is C48H34Br2N2. The van der Waals surface area contributed by atoms with Crippen LogP contribution in [0.25, 0.3) is 77.2 Å². The summed E-state index contributed by atoms with van der Waals surface area (Å²) in [5.41, 5.74) is 17.6. The molecule has 0 aliphatic carbocycles. The third-order valence-electron chi connectivity index (χ3n) is 12.1. The second kappa shape index (κ2) is 10.4. The maximum absolute atomic E-state index is 3.77. The largest absolute Gasteiger partial charge is 0.309 e. The van der Waals surface area contributed by atoms with Crippen molar-refractivity contribution in [3.8, 4) is 33.6 Å². The van der Waals surface area contributed by atoms with E-state index in [2.05, 4.69) is 202 Å². The van der Waals surface area contributed by atoms with E-state index < -0.39 is 0 Å². The molecule has 2 nitrogen and oxygen atoms in total. The molecule has 0 saturated heterocycles. The zero-order valence-electron chi connectivity index (χ0n) is 29.4. The summed E-state index contributed by atoms with van der Waals surface area (Å²) in [4.78, 5) is 0. The van der Waals surface area contributed by atoms with Gasteiger partial charge in [-0.15, -0.1) is 0 Å². The summed E-state index contributed by atoms with van der Waals surface area (Å²) in [7, 11) is 0. The third kappa shape index (κ3) is 3.95. The first-order chi connectivity index (χ1) is 25.1. The molecule has 4 heterocycles. The van der Waals surface area contributed by atoms with Crippen molar-refractivity contribution in [3.05, 3.63) is 165 Å². The highest BCUT2D eigenvalue weighted by Crippen LogP contribution is 2.57. The Hall–Kier alpha value is -4.90. The van der Waals surface area contributed by atoms with Gasteiger partial charge >= 0.3 is 0 Å². The number of benzene rings is 7. The van der Waals surface area contributed by atoms with Crippen LogP contribution in [0.5, 0.6) is 0 Å². The molecule has 0 fully saturated rings. The van der Waals surface area contributed by atoms with Gasteiger partial charge in [0.15, 0.2) is 0 Å². The number of hydrogen-bond acceptors (Lipinski definition) is 0. The van der Waals surface area contributed by atoms with Crippen LogP contribution >= 0.6 is 31.9 Å². The number of rotatable bonds is 3. The number of halogens is 2. The Morgan fingerprint density at radius 2 is 0.846 bits per heavy atom. The Labute approximate surface area is 319 Å². The van der Waals surface area contributed by atoms with Crippen LogP contribution in [0.3, 0.4) is 0 Å². The summed E-state index contributed by atoms with van der Waals surface area (Å²) in [5, 5.41) is 5.13. The Bertz CT molecular complexity index is 2820. The van der Waals surface area contributed by atoms with Gasteiger partial charge in [0, 0.05) is 47.0 Å². The van der Waals surface area contributed by atoms with Gasteiger partial charge in [0.2, 0.25) is 0 Å². The van der Waals surface area contributed by atoms with Gasteiger partial charge in [0.25, 0.3) is 0 Å². The molecule has 0 radical (unpaired) electrons. The average Bonchev–Trinajstić information content (AvgIpc) is 3.65. The van der Waals surface area contributed by atoms with Crippen LogP contribution in [-0.2, 0) is 10.8 Å². The molecule has 0 spiro atoms. The molecule has 0 atom stereocenters. The van der Waals surface area contributed by atoms with Crippen LogP contribution in [0.2, 0.25) is 0 Å². The number of hydrogen-bond donors (Lipinski definition) is 0. The van der Waals surface area contributed by atoms with Crippen molar-refractivity contribution < 1.29 is 0 Å². The van der Waals surface area contributed by atoms with Gasteiger partial charge < -0.3 is 9.13 Å². The summed E-state index contributed by atoms with van der Waals surface area (Å²) in [6, 6.07) is 50.0. The lowest BCUT2D eigenvalue weighted by Crippen LogP contribution is -2.34. The molecule has 7 aromatic carbocycles. The normalized spacial score (nSPS) is 15.0. The highest BCUT2D eigenvalue weighted by Gasteiger charge is 2.44. The molecular weight excluding hydrogens is 764 g/mol. The van der Waals surface area contributed by atoms with Crippen LogP contribution in [0, 0.1) is 0 Å². The third-order valence-corrected chi connectivity index (χ3v) is 13.1. The SMILES string of the molecule is CC1(C)c2cc(-n3c4ccc(Br)cc4c4cc(Br)ccc43)cc3c2-n2c4c1cc(-c1ccccc1)cc4c1cc(-c4ccccc4)cc(c12)C3(C)C. The smallest absolute Gasteiger partial charge is 0.0582 e. The van der Waals surface area contributed by atoms with E-state index in [0.29, 0.717) is 0 Å². The summed E-state index contributed by atoms with van der Waals surface area (Å²) in [6.45, 7) is 9.76. The van der Waals surface area contributed by atoms with Gasteiger partial charge in [-0.05, 0) is 117 Å². The van der Waals surface area contributed by atoms with E-state index in [9.17, 15) is 0 Å². The predicted octanol–water partition coefficient (Wildman–Crippen LogP) is 14.0. The molecule has 9 aromatic rings. The molecule has 250 valence electrons. The lowest BCUT2D eigenvalue weighted by molar-refractivity contribution is 0.593. The number of nitrogens with zero attached hydrogens (tertiary/aromatic N) is 2. The Balaban J connectivity index is 1.32. The lowest BCUT2D eigenvalue weighted by Gasteiger charge is -2.42. The predicted molar refractivity (Wildman–Crippen MR) is 226 cm³/mol. The molecule has 0 amide bonds. The van der Waals surface area contributed by atoms with Crippen molar-refractivity contribution in [2.24, 2.45) is 0 Å². The van der Waals surface area contributed by atoms with Gasteiger partial charge in [-0.3, -0.25) is 0 Å². The minimum atomic E-state index is -0.270. The summed E-state index contributed by atoms with van der Waals surface area (Å²) >= 11 is 7.54. The first-order valence-electron chi connectivity index (χ1n) is 18.0. The second-order valence-corrected chi connectivity index (χ2v) is 17.5. The molecule has 2 aliphatic rings. The van der Waals surface area contributed by atoms with Gasteiger partial charge in [-0.25, -0.2) is 0 Å². The van der Waals surface area contributed by atoms with Gasteiger partial charge in [-0.1, -0.05) is 120 Å². The van der Waals surface area contributed by atoms with Gasteiger partial charge in [0.1, 0.15) is 0 Å². The molecule has 2 aromatic heterocycles. The summed E-state index contributed by atoms with van der Waals surface area (Å²) < 4.78 is 7.29. The van der Waals surface area contributed by atoms with Crippen molar-refractivity contribution in [1.82, 2.24) is 9.13 Å². The first kappa shape index (κ1) is 30.7. The lowest BCUT2D eigenvalue weighted by atomic mass is 9.68. The fourth-order valence-corrected chi connectivity index (χ4v) is 10.2. The van der Waals surface area contributed by atoms with E-state index >= 15 is 0 Å². The van der Waals surface area contributed by atoms with Gasteiger partial charge in [-0.2, -0.15) is 0 Å². The molecule has 0 saturated carbocycles. The second-order valence-electron chi connectivity index (χ2n) is 15.7. The zero-order valence-corrected chi connectivity index (χ0v) is 32.5. The molecule has 11 rings (SSSR count). The van der Waals surface area contributed by atoms with E-state index in [0.717, 1.165) is 8.95 Å². The minimum absolute atomic E-state index is 0.270. The van der Waals surface area contributed by atoms with Crippen LogP contribution in [0.4, 0.5) is 0 Å². The van der Waals surface area contributed by atoms with Crippen LogP contribution in [0.1, 0.15) is 49.9 Å². The average molecular weight is 799 g/mol. The minimum Gasteiger partial charge on any atom is -0.309 e. The molecule has 0 bridgehead atoms. The maximum atomic E-state index is 3.77. The zero-order chi connectivity index (χ0) is 35.3. The van der Waals surface area contributed by atoms with Crippen molar-refractivity contribution in [3.63, 3.8) is 0 Å². The van der Waals surface area contributed by atoms with Crippen molar-refractivity contribution in [2.75, 3.05) is 0 Å². The Morgan fingerprint density at radius 3 is 1.29 bits per heavy atom. The summed E-state index contributed by atoms with van der Waals surface area (Å²) in [5.74, 6) is 0. The highest BCUT2D eigenvalue weighted by molar-refractivity contribution is 9.10. The van der Waals surface area contributed by atoms with Crippen LogP contribution in [-0.4, -0.2) is 9.13 Å². The fourth-order valence-electron chi connectivity index (χ4n) is 9.52. The molecule has 2 aliphatic heterocycles. The molecule has 0 unspecified atom stereocenters. The number of aromatic nitrogens is 2. The quantitative estimate of drug-likeness (QED) is 0.168. The highest BCUT2D eigenvalue weighted by atomic mass is 79.9. The topological polar surface area (TPSA) is 9.86 Å². The molecule has 4 heteroatoms. The van der Waals surface area contributed by atoms with Crippen molar-refractivity contribution in [1.29, 1.82) is 0 Å². The van der Waals surface area contributed by atoms with E-state index in [1.165, 1.54) is 99.5 Å². The summed E-state index contributed by atoms with van der Waals surface area (Å²) in [6.07, 6.45) is 0. The van der Waals surface area contributed by atoms with E-state index in [4.69, 9.17) is 0 Å². The Morgan fingerprint density at radius 1 is 0.404 bits per heavy atom. The van der Waals surface area contributed by atoms with Crippen LogP contribution in [0.15, 0.2) is 142 Å². The molecule has 0 N–H and O–H groups in total. The monoisotopic (exact) mass is 796 g/mol. The standard InChI is InChI=1S/C48H34Br2N2/c1-47(2)38-21-29(27-11-7-5-8-12-27)19-36-37-20-30(28-13-9-6-10-14-28)22-39-45(37)52(44(36)38)46-40(47)25-33(26-41(46)48(39,3)4)51-42-17-15-31(49)23-34(42)35-24-32(50)16-18-43(35)51/h5-26H,1-4H3. The number of fused-ring (bicyclic) bond motifs is 4. The Kier molecular flexibility index (Phi) is 6.12. The van der Waals surface area contributed by atoms with Crippen LogP contribution < -0.4 is 0 Å². The van der Waals surface area contributed by atoms with E-state index in [1.807, 2.05) is 0 Å². The van der Waals surface area contributed by atoms with Crippen molar-refractivity contribution >= 4 is 75.5 Å². The maximum Gasteiger partial charge on any atom is 0.0582 e.